The topological polar surface area (TPSA) is 23.8 Å². The predicted octanol–water partition coefficient (Wildman–Crippen LogP) is 9.16. The number of hydrogen-bond donors (Lipinski definition) is 0. The van der Waals surface area contributed by atoms with Gasteiger partial charge in [-0.25, -0.2) is 4.39 Å². The first kappa shape index (κ1) is 26.9. The Morgan fingerprint density at radius 1 is 0.657 bits per heavy atom. The van der Waals surface area contributed by atoms with Gasteiger partial charge in [0, 0.05) is 0 Å². The van der Waals surface area contributed by atoms with Crippen molar-refractivity contribution in [1.29, 1.82) is 5.26 Å². The second kappa shape index (κ2) is 12.3. The molecule has 0 amide bonds. The molecule has 178 valence electrons. The van der Waals surface area contributed by atoms with Crippen LogP contribution in [-0.4, -0.2) is 6.26 Å². The molecule has 4 rings (SSSR count). The highest BCUT2D eigenvalue weighted by molar-refractivity contribution is 8.21. The van der Waals surface area contributed by atoms with Gasteiger partial charge in [-0.1, -0.05) is 84.9 Å². The van der Waals surface area contributed by atoms with Gasteiger partial charge < -0.3 is 0 Å². The minimum absolute atomic E-state index is 0.0742. The Morgan fingerprint density at radius 2 is 1.06 bits per heavy atom. The Kier molecular flexibility index (Phi) is 9.46. The fourth-order valence-electron chi connectivity index (χ4n) is 3.80. The summed E-state index contributed by atoms with van der Waals surface area (Å²) in [5, 5.41) is 8.85. The van der Waals surface area contributed by atoms with Crippen molar-refractivity contribution in [1.82, 2.24) is 0 Å². The van der Waals surface area contributed by atoms with E-state index in [1.165, 1.54) is 34.2 Å². The maximum atomic E-state index is 12.9. The Labute approximate surface area is 220 Å². The predicted molar refractivity (Wildman–Crippen MR) is 150 cm³/mol. The molecule has 0 fully saturated rings. The van der Waals surface area contributed by atoms with E-state index in [1.54, 1.807) is 12.1 Å². The average molecular weight is 520 g/mol. The molecule has 0 N–H and O–H groups in total. The molecule has 2 unspecified atom stereocenters. The van der Waals surface area contributed by atoms with E-state index in [0.717, 1.165) is 11.1 Å². The van der Waals surface area contributed by atoms with Crippen LogP contribution in [0.3, 0.4) is 0 Å². The molecule has 4 aromatic rings. The summed E-state index contributed by atoms with van der Waals surface area (Å²) in [6, 6.07) is 36.9. The molecule has 0 aliphatic carbocycles. The van der Waals surface area contributed by atoms with Gasteiger partial charge in [-0.15, -0.1) is 11.8 Å². The fourth-order valence-corrected chi connectivity index (χ4v) is 5.53. The number of benzene rings is 4. The summed E-state index contributed by atoms with van der Waals surface area (Å²) in [5.41, 5.74) is 5.30. The first-order valence-electron chi connectivity index (χ1n) is 11.1. The summed E-state index contributed by atoms with van der Waals surface area (Å²) in [4.78, 5) is 0. The lowest BCUT2D eigenvalue weighted by Crippen LogP contribution is -2.18. The van der Waals surface area contributed by atoms with Crippen molar-refractivity contribution >= 4 is 33.4 Å². The fraction of sp³-hybridized carbons (Fsp3) is 0.167. The van der Waals surface area contributed by atoms with Crippen molar-refractivity contribution in [3.63, 3.8) is 0 Å². The van der Waals surface area contributed by atoms with Gasteiger partial charge in [0.15, 0.2) is 0 Å². The van der Waals surface area contributed by atoms with Gasteiger partial charge in [0.05, 0.1) is 21.1 Å². The SMILES string of the molecule is CC(SCl)(c1ccccc1)c1ccc(F)cc1.CSC(C)(c1ccccc1)c1ccc(C#N)cc1. The summed E-state index contributed by atoms with van der Waals surface area (Å²) in [6.07, 6.45) is 2.12. The van der Waals surface area contributed by atoms with Crippen LogP contribution in [0.4, 0.5) is 4.39 Å². The van der Waals surface area contributed by atoms with Crippen LogP contribution < -0.4 is 0 Å². The van der Waals surface area contributed by atoms with E-state index in [9.17, 15) is 4.39 Å². The number of rotatable bonds is 6. The van der Waals surface area contributed by atoms with Crippen LogP contribution in [0.25, 0.3) is 0 Å². The van der Waals surface area contributed by atoms with E-state index in [1.807, 2.05) is 79.3 Å². The quantitative estimate of drug-likeness (QED) is 0.253. The highest BCUT2D eigenvalue weighted by atomic mass is 35.7. The monoisotopic (exact) mass is 519 g/mol. The molecule has 1 nitrogen and oxygen atoms in total. The molecule has 0 saturated carbocycles. The van der Waals surface area contributed by atoms with Gasteiger partial charge in [0.2, 0.25) is 0 Å². The summed E-state index contributed by atoms with van der Waals surface area (Å²) in [6.45, 7) is 4.25. The van der Waals surface area contributed by atoms with Gasteiger partial charge in [-0.05, 0) is 88.3 Å². The Morgan fingerprint density at radius 3 is 1.49 bits per heavy atom. The van der Waals surface area contributed by atoms with Gasteiger partial charge in [0.1, 0.15) is 5.82 Å². The van der Waals surface area contributed by atoms with Crippen LogP contribution in [0.1, 0.15) is 41.7 Å². The molecule has 0 aliphatic rings. The standard InChI is InChI=1S/C16H15NS.C14H12ClFS/c1-16(18-2,14-6-4-3-5-7-14)15-10-8-13(12-17)9-11-15;1-14(17-15,11-5-3-2-4-6-11)12-7-9-13(16)10-8-12/h3-11H,1-2H3;2-10H,1H3. The molecule has 2 atom stereocenters. The lowest BCUT2D eigenvalue weighted by Gasteiger charge is -2.29. The smallest absolute Gasteiger partial charge is 0.123 e. The van der Waals surface area contributed by atoms with Crippen molar-refractivity contribution in [3.05, 3.63) is 143 Å². The number of hydrogen-bond acceptors (Lipinski definition) is 3. The van der Waals surface area contributed by atoms with Gasteiger partial charge in [-0.3, -0.25) is 0 Å². The summed E-state index contributed by atoms with van der Waals surface area (Å²) >= 11 is 1.81. The minimum Gasteiger partial charge on any atom is -0.207 e. The van der Waals surface area contributed by atoms with E-state index >= 15 is 0 Å². The van der Waals surface area contributed by atoms with Crippen LogP contribution >= 0.6 is 33.4 Å². The third-order valence-electron chi connectivity index (χ3n) is 6.17. The Balaban J connectivity index is 0.000000196. The molecule has 0 bridgehead atoms. The minimum atomic E-state index is -0.365. The number of nitriles is 1. The van der Waals surface area contributed by atoms with E-state index in [0.29, 0.717) is 5.56 Å². The number of thioether (sulfide) groups is 1. The van der Waals surface area contributed by atoms with Crippen molar-refractivity contribution in [2.75, 3.05) is 6.26 Å². The van der Waals surface area contributed by atoms with Crippen LogP contribution in [0, 0.1) is 17.1 Å². The van der Waals surface area contributed by atoms with Gasteiger partial charge in [0.25, 0.3) is 0 Å². The third-order valence-corrected chi connectivity index (χ3v) is 9.17. The van der Waals surface area contributed by atoms with Crippen LogP contribution in [0.2, 0.25) is 0 Å². The molecule has 0 radical (unpaired) electrons. The highest BCUT2D eigenvalue weighted by Crippen LogP contribution is 2.44. The zero-order chi connectivity index (χ0) is 25.3. The van der Waals surface area contributed by atoms with E-state index in [4.69, 9.17) is 15.9 Å². The van der Waals surface area contributed by atoms with Crippen LogP contribution in [-0.2, 0) is 9.49 Å². The highest BCUT2D eigenvalue weighted by Gasteiger charge is 2.29. The summed E-state index contributed by atoms with van der Waals surface area (Å²) in [5.74, 6) is -0.233. The molecule has 0 aromatic heterocycles. The molecular formula is C30H27ClFNS2. The Bertz CT molecular complexity index is 1240. The molecule has 0 aliphatic heterocycles. The molecule has 0 heterocycles. The zero-order valence-electron chi connectivity index (χ0n) is 19.9. The lowest BCUT2D eigenvalue weighted by atomic mass is 9.91. The maximum absolute atomic E-state index is 12.9. The third kappa shape index (κ3) is 6.30. The zero-order valence-corrected chi connectivity index (χ0v) is 22.3. The normalized spacial score (nSPS) is 13.9. The van der Waals surface area contributed by atoms with Crippen LogP contribution in [0.15, 0.2) is 109 Å². The second-order valence-corrected chi connectivity index (χ2v) is 10.9. The number of halogens is 2. The van der Waals surface area contributed by atoms with Crippen molar-refractivity contribution in [2.45, 2.75) is 23.3 Å². The van der Waals surface area contributed by atoms with E-state index in [-0.39, 0.29) is 15.3 Å². The van der Waals surface area contributed by atoms with E-state index < -0.39 is 0 Å². The van der Waals surface area contributed by atoms with Crippen LogP contribution in [0.5, 0.6) is 0 Å². The summed E-state index contributed by atoms with van der Waals surface area (Å²) in [7, 11) is 7.27. The first-order valence-corrected chi connectivity index (χ1v) is 14.0. The second-order valence-electron chi connectivity index (χ2n) is 8.28. The molecule has 0 saturated heterocycles. The molecule has 4 aromatic carbocycles. The molecule has 0 spiro atoms. The Hall–Kier alpha value is -2.71. The van der Waals surface area contributed by atoms with Gasteiger partial charge >= 0.3 is 0 Å². The van der Waals surface area contributed by atoms with Gasteiger partial charge in [-0.2, -0.15) is 5.26 Å². The molecule has 35 heavy (non-hydrogen) atoms. The van der Waals surface area contributed by atoms with Crippen molar-refractivity contribution in [3.8, 4) is 6.07 Å². The van der Waals surface area contributed by atoms with E-state index in [2.05, 4.69) is 43.5 Å². The molecule has 5 heteroatoms. The first-order chi connectivity index (χ1) is 16.9. The summed E-state index contributed by atoms with van der Waals surface area (Å²) < 4.78 is 12.5. The van der Waals surface area contributed by atoms with Crippen molar-refractivity contribution < 1.29 is 4.39 Å². The van der Waals surface area contributed by atoms with Crippen molar-refractivity contribution in [2.24, 2.45) is 0 Å². The average Bonchev–Trinajstić information content (AvgIpc) is 2.94. The molecular weight excluding hydrogens is 493 g/mol. The largest absolute Gasteiger partial charge is 0.207 e. The lowest BCUT2D eigenvalue weighted by molar-refractivity contribution is 0.626. The maximum Gasteiger partial charge on any atom is 0.123 e. The number of nitrogens with zero attached hydrogens (tertiary/aromatic N) is 1.